The van der Waals surface area contributed by atoms with Crippen LogP contribution in [0.5, 0.6) is 0 Å². The van der Waals surface area contributed by atoms with Crippen molar-refractivity contribution in [3.05, 3.63) is 23.0 Å². The number of aliphatic hydroxyl groups excluding tert-OH is 20. The van der Waals surface area contributed by atoms with Gasteiger partial charge in [-0.2, -0.15) is 0 Å². The first-order valence-corrected chi connectivity index (χ1v) is 31.2. The number of nitrogens with one attached hydrogen (secondary N) is 1. The van der Waals surface area contributed by atoms with Gasteiger partial charge < -0.3 is 117 Å². The van der Waals surface area contributed by atoms with E-state index >= 15 is 0 Å². The first kappa shape index (κ1) is 79.7. The smallest absolute Gasteiger partial charge is 0.259 e. The quantitative estimate of drug-likeness (QED) is 0.0143. The molecule has 0 bridgehead atoms. The van der Waals surface area contributed by atoms with Crippen LogP contribution in [0.3, 0.4) is 0 Å². The van der Waals surface area contributed by atoms with Crippen molar-refractivity contribution >= 4 is 11.7 Å². The minimum Gasteiger partial charge on any atom is -0.507 e. The summed E-state index contributed by atoms with van der Waals surface area (Å²) in [7, 11) is 0. The molecule has 2 aliphatic rings. The van der Waals surface area contributed by atoms with E-state index in [0.717, 1.165) is 38.5 Å². The zero-order valence-electron chi connectivity index (χ0n) is 52.2. The van der Waals surface area contributed by atoms with Gasteiger partial charge in [-0.05, 0) is 69.8 Å². The molecule has 0 aromatic carbocycles. The fourth-order valence-corrected chi connectivity index (χ4v) is 12.2. The molecular weight excluding hydrogens is 1130 g/mol. The number of Topliss-reactive ketones (excluding diaryl/α,β-unsaturated/α-hetero) is 1. The predicted molar refractivity (Wildman–Crippen MR) is 314 cm³/mol. The topological polar surface area (TPSA) is 480 Å². The number of hydrogen-bond acceptors (Lipinski definition) is 24. The maximum Gasteiger partial charge on any atom is 0.259 e. The highest BCUT2D eigenvalue weighted by Crippen LogP contribution is 2.36. The average molecular weight is 1240 g/mol. The Morgan fingerprint density at radius 1 is 0.535 bits per heavy atom. The Morgan fingerprint density at radius 2 is 0.988 bits per heavy atom. The van der Waals surface area contributed by atoms with Gasteiger partial charge in [-0.3, -0.25) is 9.59 Å². The maximum atomic E-state index is 12.4. The fraction of sp³-hybridized carbons (Fsp3) is 0.902. The molecule has 2 aliphatic heterocycles. The lowest BCUT2D eigenvalue weighted by atomic mass is 9.77. The highest BCUT2D eigenvalue weighted by molar-refractivity contribution is 6.27. The monoisotopic (exact) mass is 1240 g/mol. The van der Waals surface area contributed by atoms with E-state index in [1.54, 1.807) is 13.0 Å². The molecule has 2 heterocycles. The summed E-state index contributed by atoms with van der Waals surface area (Å²) >= 11 is 0. The minimum atomic E-state index is -2.59. The van der Waals surface area contributed by atoms with Crippen LogP contribution in [0, 0.1) is 41.4 Å². The largest absolute Gasteiger partial charge is 0.507 e. The number of unbranched alkanes of at least 4 members (excludes halogenated alkanes) is 6. The lowest BCUT2D eigenvalue weighted by Gasteiger charge is -2.47. The Balaban J connectivity index is 1.88. The number of allylic oxidation sites excluding steroid dienone is 2. The van der Waals surface area contributed by atoms with Crippen LogP contribution in [0.4, 0.5) is 0 Å². The second kappa shape index (κ2) is 37.2. The molecule has 86 heavy (non-hydrogen) atoms. The number of rotatable bonds is 41. The van der Waals surface area contributed by atoms with Crippen molar-refractivity contribution in [3.8, 4) is 0 Å². The zero-order valence-corrected chi connectivity index (χ0v) is 52.2. The van der Waals surface area contributed by atoms with Crippen LogP contribution in [-0.4, -0.2) is 253 Å². The van der Waals surface area contributed by atoms with Gasteiger partial charge in [0.1, 0.15) is 48.0 Å². The summed E-state index contributed by atoms with van der Waals surface area (Å²) in [6.07, 6.45) is -28.2. The highest BCUT2D eigenvalue weighted by atomic mass is 16.7. The molecule has 2 fully saturated rings. The third-order valence-electron chi connectivity index (χ3n) is 18.3. The van der Waals surface area contributed by atoms with Crippen LogP contribution in [0.2, 0.25) is 0 Å². The Hall–Kier alpha value is -2.42. The summed E-state index contributed by atoms with van der Waals surface area (Å²) < 4.78 is 5.50. The van der Waals surface area contributed by atoms with E-state index in [1.165, 1.54) is 41.5 Å². The molecule has 22 N–H and O–H groups in total. The maximum absolute atomic E-state index is 12.4. The third-order valence-corrected chi connectivity index (χ3v) is 18.3. The number of hydrogen-bond donors (Lipinski definition) is 22. The average Bonchev–Trinajstić information content (AvgIpc) is 1.09. The van der Waals surface area contributed by atoms with Gasteiger partial charge in [0.05, 0.1) is 91.5 Å². The number of ketones is 1. The summed E-state index contributed by atoms with van der Waals surface area (Å²) in [5.74, 6) is -9.46. The summed E-state index contributed by atoms with van der Waals surface area (Å²) in [6.45, 7) is 16.2. The number of aliphatic hydroxyl groups is 21. The molecule has 0 saturated carbocycles. The van der Waals surface area contributed by atoms with Crippen molar-refractivity contribution in [2.24, 2.45) is 41.4 Å². The van der Waals surface area contributed by atoms with Crippen molar-refractivity contribution in [1.29, 1.82) is 0 Å². The molecule has 506 valence electrons. The normalized spacial score (nSPS) is 29.5. The molecule has 0 radical (unpaired) electrons. The Bertz CT molecular complexity index is 2040. The van der Waals surface area contributed by atoms with E-state index in [2.05, 4.69) is 12.2 Å². The van der Waals surface area contributed by atoms with Crippen LogP contribution < -0.4 is 5.32 Å². The third kappa shape index (κ3) is 23.4. The molecule has 0 aromatic heterocycles. The van der Waals surface area contributed by atoms with Crippen LogP contribution in [0.1, 0.15) is 172 Å². The van der Waals surface area contributed by atoms with Gasteiger partial charge in [-0.1, -0.05) is 106 Å². The van der Waals surface area contributed by atoms with Crippen LogP contribution in [0.25, 0.3) is 0 Å². The van der Waals surface area contributed by atoms with Gasteiger partial charge in [0.25, 0.3) is 5.91 Å². The van der Waals surface area contributed by atoms with Gasteiger partial charge in [0.2, 0.25) is 0 Å². The second-order valence-corrected chi connectivity index (χ2v) is 26.0. The highest BCUT2D eigenvalue weighted by Gasteiger charge is 2.54. The van der Waals surface area contributed by atoms with E-state index in [0.29, 0.717) is 18.4 Å². The SMILES string of the molecule is CCCCCCCCC[C@@H](O)C[C@]1(O)O[C@H](C[C@@H](O)[C@@H](O)[C@H](O)[C@@H](O)[C@H](O)C[C@@H](O)C[C@@H](O)C[C@@H](O)[C@H](C)[C@@H](O)[C@H](C)[C@@H](O)C[C@H](O)[C@H](C)[C@@H](O)[C@H](C)[C@H](O)[C@H](C)[C@@H](O)[C@@H](O)C[C@@H](C)C[C@@H](C)/C=C(C)/C(O)=C2\C(=O)N[C@H](C)C2=O)[C@@H](O)[C@H](O)[C@@H]1O. The van der Waals surface area contributed by atoms with E-state index in [4.69, 9.17) is 4.74 Å². The Kier molecular flexibility index (Phi) is 34.4. The molecule has 0 unspecified atom stereocenters. The summed E-state index contributed by atoms with van der Waals surface area (Å²) in [4.78, 5) is 24.5. The van der Waals surface area contributed by atoms with E-state index in [9.17, 15) is 117 Å². The number of carbonyl (C=O) groups is 2. The lowest BCUT2D eigenvalue weighted by Crippen LogP contribution is -2.65. The number of ether oxygens (including phenoxy) is 1. The van der Waals surface area contributed by atoms with Crippen molar-refractivity contribution in [3.63, 3.8) is 0 Å². The van der Waals surface area contributed by atoms with Gasteiger partial charge in [0, 0.05) is 48.9 Å². The molecule has 25 nitrogen and oxygen atoms in total. The van der Waals surface area contributed by atoms with Gasteiger partial charge in [-0.25, -0.2) is 0 Å². The first-order valence-electron chi connectivity index (χ1n) is 31.2. The molecule has 25 heteroatoms. The van der Waals surface area contributed by atoms with Crippen molar-refractivity contribution in [1.82, 2.24) is 5.32 Å². The lowest BCUT2D eigenvalue weighted by molar-refractivity contribution is -0.356. The van der Waals surface area contributed by atoms with Crippen LogP contribution in [-0.2, 0) is 14.3 Å². The Morgan fingerprint density at radius 3 is 1.51 bits per heavy atom. The summed E-state index contributed by atoms with van der Waals surface area (Å²) in [5.41, 5.74) is 0.0276. The number of carbonyl (C=O) groups excluding carboxylic acids is 2. The van der Waals surface area contributed by atoms with Gasteiger partial charge >= 0.3 is 0 Å². The fourth-order valence-electron chi connectivity index (χ4n) is 12.2. The molecular formula is C61H113NO24. The summed E-state index contributed by atoms with van der Waals surface area (Å²) in [5, 5.41) is 231. The standard InChI is InChI=1S/C61H113NO24/c1-11-12-13-14-15-16-17-18-37(63)27-61(85)59(83)58(82)56(80)46(86-61)26-45(71)55(79)57(81)54(78)44(70)24-39(65)22-38(64)23-40(66)31(5)49(73)32(6)41(67)25-42(68)33(7)50(74)34(8)51(75)35(9)52(76)43(69)21-29(3)19-28(2)20-30(4)48(72)47-53(77)36(10)62-60(47)84/h20,28-29,31-46,49-52,54-59,63-76,78-83,85H,11-19,21-27H2,1-10H3,(H,62,84)/b30-20+,48-47+/t28-,29+,31+,32-,33+,34+,35+,36-,37-,38-,39+,40-,41+,42+,43+,44-,45-,46-,49-,50-,51+,52-,54+,55-,56-,57-,58+,59+,61+/m1/s1. The number of amides is 1. The van der Waals surface area contributed by atoms with Crippen molar-refractivity contribution in [2.75, 3.05) is 0 Å². The van der Waals surface area contributed by atoms with Crippen LogP contribution >= 0.6 is 0 Å². The molecule has 0 spiro atoms. The molecule has 2 saturated heterocycles. The molecule has 1 amide bonds. The minimum absolute atomic E-state index is 0.111. The van der Waals surface area contributed by atoms with Gasteiger partial charge in [-0.15, -0.1) is 0 Å². The van der Waals surface area contributed by atoms with E-state index in [1.807, 2.05) is 13.8 Å². The predicted octanol–water partition coefficient (Wildman–Crippen LogP) is -1.51. The Labute approximate surface area is 507 Å². The summed E-state index contributed by atoms with van der Waals surface area (Å²) in [6, 6.07) is -0.745. The molecule has 29 atom stereocenters. The first-order chi connectivity index (χ1) is 39.8. The van der Waals surface area contributed by atoms with E-state index in [-0.39, 0.29) is 36.7 Å². The molecule has 0 aliphatic carbocycles. The zero-order chi connectivity index (χ0) is 66.0. The van der Waals surface area contributed by atoms with Gasteiger partial charge in [0.15, 0.2) is 11.6 Å². The molecule has 0 aromatic rings. The van der Waals surface area contributed by atoms with Crippen molar-refractivity contribution in [2.45, 2.75) is 306 Å². The molecule has 2 rings (SSSR count). The van der Waals surface area contributed by atoms with Crippen molar-refractivity contribution < 1.29 is 122 Å². The second-order valence-electron chi connectivity index (χ2n) is 26.0. The van der Waals surface area contributed by atoms with Crippen LogP contribution in [0.15, 0.2) is 23.0 Å². The van der Waals surface area contributed by atoms with E-state index < -0.39 is 213 Å².